The number of carboxylic acids is 1. The molecule has 1 aliphatic heterocycles. The van der Waals surface area contributed by atoms with E-state index in [1.165, 1.54) is 6.07 Å². The first-order chi connectivity index (χ1) is 9.58. The Labute approximate surface area is 122 Å². The van der Waals surface area contributed by atoms with Gasteiger partial charge < -0.3 is 15.3 Å². The SMILES string of the molecule is CC1CSCCN1C(=O)NCc1cccc(C(=O)O)c1. The van der Waals surface area contributed by atoms with E-state index < -0.39 is 5.97 Å². The Morgan fingerprint density at radius 3 is 3.00 bits per heavy atom. The molecule has 5 nitrogen and oxygen atoms in total. The molecule has 0 saturated carbocycles. The Morgan fingerprint density at radius 2 is 2.30 bits per heavy atom. The third-order valence-corrected chi connectivity index (χ3v) is 4.44. The average Bonchev–Trinajstić information content (AvgIpc) is 2.45. The lowest BCUT2D eigenvalue weighted by molar-refractivity contribution is 0.0696. The predicted molar refractivity (Wildman–Crippen MR) is 79.1 cm³/mol. The highest BCUT2D eigenvalue weighted by molar-refractivity contribution is 7.99. The van der Waals surface area contributed by atoms with Crippen LogP contribution in [0.2, 0.25) is 0 Å². The largest absolute Gasteiger partial charge is 0.478 e. The molecule has 108 valence electrons. The molecule has 6 heteroatoms. The molecule has 20 heavy (non-hydrogen) atoms. The van der Waals surface area contributed by atoms with E-state index in [-0.39, 0.29) is 17.6 Å². The van der Waals surface area contributed by atoms with Gasteiger partial charge in [-0.1, -0.05) is 12.1 Å². The van der Waals surface area contributed by atoms with E-state index in [2.05, 4.69) is 5.32 Å². The molecule has 0 bridgehead atoms. The summed E-state index contributed by atoms with van der Waals surface area (Å²) < 4.78 is 0. The van der Waals surface area contributed by atoms with Crippen molar-refractivity contribution in [2.24, 2.45) is 0 Å². The van der Waals surface area contributed by atoms with Crippen molar-refractivity contribution in [2.75, 3.05) is 18.1 Å². The molecule has 1 atom stereocenters. The molecule has 1 aliphatic rings. The lowest BCUT2D eigenvalue weighted by Gasteiger charge is -2.33. The number of amides is 2. The molecule has 1 fully saturated rings. The van der Waals surface area contributed by atoms with Gasteiger partial charge in [-0.15, -0.1) is 0 Å². The number of hydrogen-bond acceptors (Lipinski definition) is 3. The van der Waals surface area contributed by atoms with Gasteiger partial charge in [0, 0.05) is 30.6 Å². The zero-order valence-electron chi connectivity index (χ0n) is 11.3. The van der Waals surface area contributed by atoms with E-state index in [1.54, 1.807) is 12.1 Å². The first kappa shape index (κ1) is 14.7. The molecule has 1 aromatic carbocycles. The molecule has 2 amide bonds. The van der Waals surface area contributed by atoms with E-state index in [0.29, 0.717) is 6.54 Å². The molecule has 0 radical (unpaired) electrons. The molecule has 2 rings (SSSR count). The fourth-order valence-corrected chi connectivity index (χ4v) is 3.14. The maximum atomic E-state index is 12.1. The number of carbonyl (C=O) groups excluding carboxylic acids is 1. The molecule has 1 unspecified atom stereocenters. The van der Waals surface area contributed by atoms with Gasteiger partial charge in [-0.3, -0.25) is 0 Å². The van der Waals surface area contributed by atoms with Crippen LogP contribution in [0.4, 0.5) is 4.79 Å². The smallest absolute Gasteiger partial charge is 0.335 e. The van der Waals surface area contributed by atoms with Crippen molar-refractivity contribution in [3.05, 3.63) is 35.4 Å². The summed E-state index contributed by atoms with van der Waals surface area (Å²) in [6, 6.07) is 6.76. The lowest BCUT2D eigenvalue weighted by atomic mass is 10.1. The predicted octanol–water partition coefficient (Wildman–Crippen LogP) is 2.03. The number of hydrogen-bond donors (Lipinski definition) is 2. The minimum Gasteiger partial charge on any atom is -0.478 e. The van der Waals surface area contributed by atoms with Gasteiger partial charge in [0.15, 0.2) is 0 Å². The van der Waals surface area contributed by atoms with Gasteiger partial charge in [0.25, 0.3) is 0 Å². The van der Waals surface area contributed by atoms with Gasteiger partial charge in [-0.2, -0.15) is 11.8 Å². The Kier molecular flexibility index (Phi) is 4.89. The number of nitrogens with zero attached hydrogens (tertiary/aromatic N) is 1. The summed E-state index contributed by atoms with van der Waals surface area (Å²) in [5.41, 5.74) is 1.02. The fourth-order valence-electron chi connectivity index (χ4n) is 2.12. The van der Waals surface area contributed by atoms with Crippen molar-refractivity contribution in [3.8, 4) is 0 Å². The van der Waals surface area contributed by atoms with Crippen LogP contribution in [-0.2, 0) is 6.54 Å². The third-order valence-electron chi connectivity index (χ3n) is 3.25. The zero-order valence-corrected chi connectivity index (χ0v) is 12.2. The molecule has 1 aromatic rings. The third kappa shape index (κ3) is 3.66. The number of rotatable bonds is 3. The summed E-state index contributed by atoms with van der Waals surface area (Å²) in [6.45, 7) is 3.14. The summed E-state index contributed by atoms with van der Waals surface area (Å²) in [4.78, 5) is 24.8. The van der Waals surface area contributed by atoms with Crippen LogP contribution in [0.5, 0.6) is 0 Å². The summed E-state index contributed by atoms with van der Waals surface area (Å²) in [7, 11) is 0. The molecule has 1 heterocycles. The minimum atomic E-state index is -0.958. The monoisotopic (exact) mass is 294 g/mol. The summed E-state index contributed by atoms with van der Waals surface area (Å²) in [6.07, 6.45) is 0. The molecule has 2 N–H and O–H groups in total. The minimum absolute atomic E-state index is 0.0847. The number of aromatic carboxylic acids is 1. The second-order valence-corrected chi connectivity index (χ2v) is 5.93. The summed E-state index contributed by atoms with van der Waals surface area (Å²) in [5.74, 6) is 0.966. The standard InChI is InChI=1S/C14H18N2O3S/c1-10-9-20-6-5-16(10)14(19)15-8-11-3-2-4-12(7-11)13(17)18/h2-4,7,10H,5-6,8-9H2,1H3,(H,15,19)(H,17,18). The average molecular weight is 294 g/mol. The number of carboxylic acid groups (broad SMARTS) is 1. The van der Waals surface area contributed by atoms with Crippen molar-refractivity contribution >= 4 is 23.8 Å². The van der Waals surface area contributed by atoms with Gasteiger partial charge in [-0.05, 0) is 24.6 Å². The van der Waals surface area contributed by atoms with E-state index >= 15 is 0 Å². The van der Waals surface area contributed by atoms with Crippen molar-refractivity contribution in [3.63, 3.8) is 0 Å². The molecular formula is C14H18N2O3S. The van der Waals surface area contributed by atoms with E-state index in [9.17, 15) is 9.59 Å². The van der Waals surface area contributed by atoms with Gasteiger partial charge >= 0.3 is 12.0 Å². The number of carbonyl (C=O) groups is 2. The molecule has 0 spiro atoms. The second kappa shape index (κ2) is 6.65. The van der Waals surface area contributed by atoms with E-state index in [4.69, 9.17) is 5.11 Å². The highest BCUT2D eigenvalue weighted by Gasteiger charge is 2.23. The van der Waals surface area contributed by atoms with Gasteiger partial charge in [0.05, 0.1) is 5.56 Å². The summed E-state index contributed by atoms with van der Waals surface area (Å²) in [5, 5.41) is 11.8. The molecule has 0 aromatic heterocycles. The number of benzene rings is 1. The normalized spacial score (nSPS) is 18.6. The number of urea groups is 1. The van der Waals surface area contributed by atoms with Crippen LogP contribution in [0, 0.1) is 0 Å². The van der Waals surface area contributed by atoms with Gasteiger partial charge in [-0.25, -0.2) is 9.59 Å². The van der Waals surface area contributed by atoms with Gasteiger partial charge in [0.2, 0.25) is 0 Å². The molecule has 0 aliphatic carbocycles. The van der Waals surface area contributed by atoms with Crippen molar-refractivity contribution in [1.29, 1.82) is 0 Å². The van der Waals surface area contributed by atoms with Crippen molar-refractivity contribution in [1.82, 2.24) is 10.2 Å². The van der Waals surface area contributed by atoms with E-state index in [1.807, 2.05) is 29.7 Å². The number of nitrogens with one attached hydrogen (secondary N) is 1. The maximum absolute atomic E-state index is 12.1. The first-order valence-corrected chi connectivity index (χ1v) is 7.68. The van der Waals surface area contributed by atoms with Gasteiger partial charge in [0.1, 0.15) is 0 Å². The molecule has 1 saturated heterocycles. The Morgan fingerprint density at radius 1 is 1.50 bits per heavy atom. The maximum Gasteiger partial charge on any atom is 0.335 e. The van der Waals surface area contributed by atoms with Crippen molar-refractivity contribution < 1.29 is 14.7 Å². The number of thioether (sulfide) groups is 1. The van der Waals surface area contributed by atoms with Crippen LogP contribution in [-0.4, -0.2) is 46.1 Å². The lowest BCUT2D eigenvalue weighted by Crippen LogP contribution is -2.49. The van der Waals surface area contributed by atoms with Crippen LogP contribution in [0.3, 0.4) is 0 Å². The van der Waals surface area contributed by atoms with Crippen LogP contribution in [0.1, 0.15) is 22.8 Å². The van der Waals surface area contributed by atoms with Crippen LogP contribution in [0.15, 0.2) is 24.3 Å². The quantitative estimate of drug-likeness (QED) is 0.895. The van der Waals surface area contributed by atoms with Crippen LogP contribution >= 0.6 is 11.8 Å². The Balaban J connectivity index is 1.92. The summed E-state index contributed by atoms with van der Waals surface area (Å²) >= 11 is 1.86. The fraction of sp³-hybridized carbons (Fsp3) is 0.429. The van der Waals surface area contributed by atoms with Crippen LogP contribution < -0.4 is 5.32 Å². The highest BCUT2D eigenvalue weighted by atomic mass is 32.2. The van der Waals surface area contributed by atoms with E-state index in [0.717, 1.165) is 23.6 Å². The van der Waals surface area contributed by atoms with Crippen molar-refractivity contribution in [2.45, 2.75) is 19.5 Å². The Hall–Kier alpha value is -1.69. The van der Waals surface area contributed by atoms with Crippen LogP contribution in [0.25, 0.3) is 0 Å². The zero-order chi connectivity index (χ0) is 14.5. The molecular weight excluding hydrogens is 276 g/mol. The highest BCUT2D eigenvalue weighted by Crippen LogP contribution is 2.16. The first-order valence-electron chi connectivity index (χ1n) is 6.52. The Bertz CT molecular complexity index is 507. The second-order valence-electron chi connectivity index (χ2n) is 4.78. The topological polar surface area (TPSA) is 69.6 Å².